The Morgan fingerprint density at radius 3 is 2.00 bits per heavy atom. The molecule has 3 rings (SSSR count). The van der Waals surface area contributed by atoms with E-state index in [0.717, 1.165) is 13.2 Å². The number of benzene rings is 2. The molecule has 1 heterocycles. The fraction of sp³-hybridized carbons (Fsp3) is 0.552. The molecule has 1 fully saturated rings. The van der Waals surface area contributed by atoms with Crippen molar-refractivity contribution in [3.63, 3.8) is 0 Å². The molecule has 1 saturated heterocycles. The number of nitrogens with one attached hydrogen (secondary N) is 1. The summed E-state index contributed by atoms with van der Waals surface area (Å²) in [7, 11) is 0.144. The van der Waals surface area contributed by atoms with Gasteiger partial charge in [0.25, 0.3) is 0 Å². The molecule has 38 heavy (non-hydrogen) atoms. The molecule has 0 radical (unpaired) electrons. The minimum Gasteiger partial charge on any atom is -0.465 e. The van der Waals surface area contributed by atoms with E-state index in [4.69, 9.17) is 20.3 Å². The molecule has 216 valence electrons. The number of hydrogen-bond acceptors (Lipinski definition) is 5. The minimum atomic E-state index is -1.36. The first-order valence-electron chi connectivity index (χ1n) is 13.3. The molecule has 0 aliphatic carbocycles. The summed E-state index contributed by atoms with van der Waals surface area (Å²) < 4.78 is 24.8. The number of nitrogen functional groups attached to an aromatic ring is 1. The molecule has 1 amide bonds. The van der Waals surface area contributed by atoms with E-state index < -0.39 is 17.1 Å². The van der Waals surface area contributed by atoms with Crippen molar-refractivity contribution in [3.8, 4) is 0 Å². The Balaban J connectivity index is 0.000000728. The number of anilines is 1. The Bertz CT molecular complexity index is 855. The van der Waals surface area contributed by atoms with Crippen molar-refractivity contribution in [1.29, 1.82) is 0 Å². The van der Waals surface area contributed by atoms with E-state index in [9.17, 15) is 9.00 Å². The van der Waals surface area contributed by atoms with Crippen LogP contribution in [0.5, 0.6) is 0 Å². The summed E-state index contributed by atoms with van der Waals surface area (Å²) in [5, 5.41) is 11.0. The highest BCUT2D eigenvalue weighted by atomic mass is 32.2. The summed E-state index contributed by atoms with van der Waals surface area (Å²) in [5.74, 6) is 0.303. The van der Waals surface area contributed by atoms with Crippen LogP contribution in [0, 0.1) is 12.8 Å². The quantitative estimate of drug-likeness (QED) is 0.343. The number of ether oxygens (including phenoxy) is 2. The molecular formula is C29H49N3O5S. The number of aryl methyl sites for hydroxylation is 1. The summed E-state index contributed by atoms with van der Waals surface area (Å²) in [6, 6.07) is 17.1. The lowest BCUT2D eigenvalue weighted by Gasteiger charge is -2.27. The van der Waals surface area contributed by atoms with Gasteiger partial charge in [-0.05, 0) is 49.9 Å². The Morgan fingerprint density at radius 2 is 1.63 bits per heavy atom. The van der Waals surface area contributed by atoms with Gasteiger partial charge in [0.15, 0.2) is 0 Å². The molecule has 0 spiro atoms. The van der Waals surface area contributed by atoms with Gasteiger partial charge in [0, 0.05) is 45.6 Å². The standard InChI is InChI=1S/C15H25N3O4S.C7H8.C4H8O.C3H8/c1-11(2)9-18(10-13(22-3)8-17-15(19)20)23(21)14-6-4-12(16)5-7-14;1-7-5-3-2-4-6-7;1-2-4-5-3-1;1-3-2/h4-7,11,13,17H,8-10,16H2,1-3H3,(H,19,20);2-6H,1H3;1-4H2;3H2,1-2H3/t13-,23?;;;/m0.../s1. The van der Waals surface area contributed by atoms with Crippen molar-refractivity contribution >= 4 is 22.8 Å². The van der Waals surface area contributed by atoms with Crippen LogP contribution in [-0.2, 0) is 20.5 Å². The van der Waals surface area contributed by atoms with Crippen LogP contribution in [-0.4, -0.2) is 65.8 Å². The van der Waals surface area contributed by atoms with Gasteiger partial charge in [-0.2, -0.15) is 0 Å². The highest BCUT2D eigenvalue weighted by Gasteiger charge is 2.21. The number of carbonyl (C=O) groups is 1. The van der Waals surface area contributed by atoms with Crippen molar-refractivity contribution in [2.75, 3.05) is 45.7 Å². The van der Waals surface area contributed by atoms with E-state index in [0.29, 0.717) is 29.6 Å². The predicted octanol–water partition coefficient (Wildman–Crippen LogP) is 5.74. The number of amides is 1. The molecule has 4 N–H and O–H groups in total. The summed E-state index contributed by atoms with van der Waals surface area (Å²) in [6.45, 7) is 13.5. The minimum absolute atomic E-state index is 0.138. The fourth-order valence-corrected chi connectivity index (χ4v) is 4.45. The highest BCUT2D eigenvalue weighted by molar-refractivity contribution is 7.82. The van der Waals surface area contributed by atoms with E-state index in [-0.39, 0.29) is 12.6 Å². The third-order valence-corrected chi connectivity index (χ3v) is 6.32. The molecule has 0 aromatic heterocycles. The third kappa shape index (κ3) is 18.7. The zero-order valence-electron chi connectivity index (χ0n) is 24.0. The van der Waals surface area contributed by atoms with E-state index in [1.54, 1.807) is 28.6 Å². The molecule has 0 saturated carbocycles. The van der Waals surface area contributed by atoms with E-state index in [1.807, 2.05) is 32.0 Å². The third-order valence-electron chi connectivity index (χ3n) is 4.87. The van der Waals surface area contributed by atoms with Gasteiger partial charge in [0.1, 0.15) is 11.0 Å². The number of rotatable bonds is 9. The van der Waals surface area contributed by atoms with Gasteiger partial charge in [-0.3, -0.25) is 0 Å². The second kappa shape index (κ2) is 22.5. The molecule has 2 aromatic carbocycles. The molecule has 8 nitrogen and oxygen atoms in total. The Hall–Kier alpha value is -2.46. The predicted molar refractivity (Wildman–Crippen MR) is 158 cm³/mol. The molecule has 1 unspecified atom stereocenters. The second-order valence-electron chi connectivity index (χ2n) is 9.28. The van der Waals surface area contributed by atoms with Crippen LogP contribution < -0.4 is 11.1 Å². The maximum absolute atomic E-state index is 12.8. The fourth-order valence-electron chi connectivity index (χ4n) is 3.05. The summed E-state index contributed by atoms with van der Waals surface area (Å²) in [6.07, 6.45) is 2.31. The number of hydrogen-bond donors (Lipinski definition) is 3. The molecule has 2 aromatic rings. The average molecular weight is 552 g/mol. The zero-order chi connectivity index (χ0) is 28.8. The van der Waals surface area contributed by atoms with Gasteiger partial charge in [-0.25, -0.2) is 13.3 Å². The lowest BCUT2D eigenvalue weighted by Crippen LogP contribution is -2.42. The van der Waals surface area contributed by atoms with Gasteiger partial charge in [-0.15, -0.1) is 0 Å². The topological polar surface area (TPSA) is 114 Å². The second-order valence-corrected chi connectivity index (χ2v) is 10.8. The van der Waals surface area contributed by atoms with Gasteiger partial charge < -0.3 is 25.6 Å². The molecule has 2 atom stereocenters. The first kappa shape index (κ1) is 35.5. The van der Waals surface area contributed by atoms with Gasteiger partial charge >= 0.3 is 6.09 Å². The van der Waals surface area contributed by atoms with Crippen molar-refractivity contribution in [2.24, 2.45) is 5.92 Å². The maximum Gasteiger partial charge on any atom is 0.404 e. The first-order chi connectivity index (χ1) is 18.1. The van der Waals surface area contributed by atoms with Gasteiger partial charge in [-0.1, -0.05) is 70.0 Å². The lowest BCUT2D eigenvalue weighted by molar-refractivity contribution is 0.0825. The number of methoxy groups -OCH3 is 1. The van der Waals surface area contributed by atoms with Crippen molar-refractivity contribution in [3.05, 3.63) is 60.2 Å². The van der Waals surface area contributed by atoms with Crippen LogP contribution in [0.1, 0.15) is 52.5 Å². The summed E-state index contributed by atoms with van der Waals surface area (Å²) in [5.41, 5.74) is 7.59. The largest absolute Gasteiger partial charge is 0.465 e. The van der Waals surface area contributed by atoms with Crippen LogP contribution in [0.4, 0.5) is 10.5 Å². The SMILES string of the molecule is C1CCOC1.CCC.CO[C@@H](CNC(=O)O)CN(CC(C)C)S(=O)c1ccc(N)cc1.Cc1ccccc1. The number of carboxylic acid groups (broad SMARTS) is 1. The monoisotopic (exact) mass is 551 g/mol. The highest BCUT2D eigenvalue weighted by Crippen LogP contribution is 2.16. The van der Waals surface area contributed by atoms with E-state index in [2.05, 4.69) is 38.2 Å². The Morgan fingerprint density at radius 1 is 1.08 bits per heavy atom. The van der Waals surface area contributed by atoms with Crippen molar-refractivity contribution < 1.29 is 23.6 Å². The molecule has 1 aliphatic heterocycles. The summed E-state index contributed by atoms with van der Waals surface area (Å²) >= 11 is 0. The van der Waals surface area contributed by atoms with Gasteiger partial charge in [0.2, 0.25) is 0 Å². The zero-order valence-corrected chi connectivity index (χ0v) is 24.8. The Labute approximate surface area is 232 Å². The molecular weight excluding hydrogens is 502 g/mol. The Kier molecular flexibility index (Phi) is 21.1. The smallest absolute Gasteiger partial charge is 0.404 e. The number of nitrogens with two attached hydrogens (primary N) is 1. The average Bonchev–Trinajstić information content (AvgIpc) is 3.47. The summed E-state index contributed by atoms with van der Waals surface area (Å²) in [4.78, 5) is 11.3. The number of nitrogens with zero attached hydrogens (tertiary/aromatic N) is 1. The van der Waals surface area contributed by atoms with Crippen LogP contribution in [0.3, 0.4) is 0 Å². The van der Waals surface area contributed by atoms with Crippen LogP contribution >= 0.6 is 0 Å². The van der Waals surface area contributed by atoms with Crippen molar-refractivity contribution in [1.82, 2.24) is 9.62 Å². The van der Waals surface area contributed by atoms with Crippen LogP contribution in [0.25, 0.3) is 0 Å². The van der Waals surface area contributed by atoms with Crippen LogP contribution in [0.15, 0.2) is 59.5 Å². The van der Waals surface area contributed by atoms with E-state index >= 15 is 0 Å². The van der Waals surface area contributed by atoms with Gasteiger partial charge in [0.05, 0.1) is 11.0 Å². The van der Waals surface area contributed by atoms with Crippen LogP contribution in [0.2, 0.25) is 0 Å². The first-order valence-corrected chi connectivity index (χ1v) is 14.4. The molecule has 0 bridgehead atoms. The van der Waals surface area contributed by atoms with Crippen molar-refractivity contribution in [2.45, 2.75) is 64.9 Å². The molecule has 9 heteroatoms. The lowest BCUT2D eigenvalue weighted by atomic mass is 10.2. The van der Waals surface area contributed by atoms with E-state index in [1.165, 1.54) is 31.9 Å². The molecule has 1 aliphatic rings. The maximum atomic E-state index is 12.8. The normalized spacial score (nSPS) is 13.7.